The Morgan fingerprint density at radius 3 is 2.57 bits per heavy atom. The predicted octanol–water partition coefficient (Wildman–Crippen LogP) is 4.48. The molecule has 2 aromatic carbocycles. The molecule has 2 heterocycles. The molecule has 1 aliphatic rings. The number of ether oxygens (including phenoxy) is 2. The summed E-state index contributed by atoms with van der Waals surface area (Å²) in [6.07, 6.45) is 1.65. The molecular formula is C28H30N4O3. The number of amides is 1. The van der Waals surface area contributed by atoms with Crippen LogP contribution in [0, 0.1) is 25.2 Å². The summed E-state index contributed by atoms with van der Waals surface area (Å²) in [4.78, 5) is 15.3. The van der Waals surface area contributed by atoms with Crippen molar-refractivity contribution in [2.24, 2.45) is 0 Å². The summed E-state index contributed by atoms with van der Waals surface area (Å²) >= 11 is 0. The van der Waals surface area contributed by atoms with Crippen molar-refractivity contribution in [3.8, 4) is 17.5 Å². The summed E-state index contributed by atoms with van der Waals surface area (Å²) in [6, 6.07) is 19.6. The van der Waals surface area contributed by atoms with Crippen LogP contribution in [0.4, 0.5) is 5.69 Å². The minimum absolute atomic E-state index is 0.0542. The monoisotopic (exact) mass is 470 g/mol. The fourth-order valence-corrected chi connectivity index (χ4v) is 4.33. The van der Waals surface area contributed by atoms with Crippen LogP contribution in [0.15, 0.2) is 60.2 Å². The van der Waals surface area contributed by atoms with E-state index in [0.29, 0.717) is 5.69 Å². The van der Waals surface area contributed by atoms with Crippen LogP contribution in [0.5, 0.6) is 5.75 Å². The summed E-state index contributed by atoms with van der Waals surface area (Å²) in [7, 11) is 1.64. The summed E-state index contributed by atoms with van der Waals surface area (Å²) < 4.78 is 12.8. The van der Waals surface area contributed by atoms with Gasteiger partial charge >= 0.3 is 0 Å². The van der Waals surface area contributed by atoms with E-state index < -0.39 is 5.91 Å². The maximum atomic E-state index is 12.9. The number of methoxy groups -OCH3 is 1. The number of nitrogens with one attached hydrogen (secondary N) is 1. The Hall–Kier alpha value is -3.86. The first kappa shape index (κ1) is 24.3. The van der Waals surface area contributed by atoms with E-state index >= 15 is 0 Å². The minimum atomic E-state index is -0.426. The van der Waals surface area contributed by atoms with Gasteiger partial charge < -0.3 is 19.4 Å². The number of morpholine rings is 1. The Labute approximate surface area is 206 Å². The highest BCUT2D eigenvalue weighted by molar-refractivity contribution is 6.09. The molecule has 35 heavy (non-hydrogen) atoms. The molecule has 1 aliphatic heterocycles. The molecule has 0 aliphatic carbocycles. The number of aromatic nitrogens is 1. The summed E-state index contributed by atoms with van der Waals surface area (Å²) in [6.45, 7) is 8.05. The molecule has 3 aromatic rings. The van der Waals surface area contributed by atoms with Crippen molar-refractivity contribution in [1.29, 1.82) is 5.26 Å². The molecule has 1 aromatic heterocycles. The lowest BCUT2D eigenvalue weighted by Gasteiger charge is -2.26. The van der Waals surface area contributed by atoms with E-state index in [4.69, 9.17) is 9.47 Å². The second-order valence-corrected chi connectivity index (χ2v) is 8.57. The van der Waals surface area contributed by atoms with Crippen molar-refractivity contribution in [2.75, 3.05) is 38.7 Å². The Morgan fingerprint density at radius 1 is 1.14 bits per heavy atom. The smallest absolute Gasteiger partial charge is 0.266 e. The molecule has 0 radical (unpaired) electrons. The third-order valence-corrected chi connectivity index (χ3v) is 6.16. The first-order valence-electron chi connectivity index (χ1n) is 11.6. The van der Waals surface area contributed by atoms with E-state index in [2.05, 4.69) is 20.9 Å². The van der Waals surface area contributed by atoms with Gasteiger partial charge in [0.2, 0.25) is 0 Å². The van der Waals surface area contributed by atoms with E-state index in [9.17, 15) is 10.1 Å². The molecule has 0 spiro atoms. The van der Waals surface area contributed by atoms with Crippen LogP contribution < -0.4 is 10.1 Å². The van der Waals surface area contributed by atoms with Crippen LogP contribution >= 0.6 is 0 Å². The van der Waals surface area contributed by atoms with Crippen LogP contribution in [0.25, 0.3) is 11.8 Å². The second-order valence-electron chi connectivity index (χ2n) is 8.57. The first-order chi connectivity index (χ1) is 17.0. The number of benzene rings is 2. The molecule has 0 bridgehead atoms. The first-order valence-corrected chi connectivity index (χ1v) is 11.6. The molecule has 0 saturated carbocycles. The molecule has 4 rings (SSSR count). The zero-order chi connectivity index (χ0) is 24.8. The van der Waals surface area contributed by atoms with Crippen LogP contribution in [0.3, 0.4) is 0 Å². The van der Waals surface area contributed by atoms with Crippen LogP contribution in [-0.2, 0) is 16.1 Å². The number of nitrogens with zero attached hydrogens (tertiary/aromatic N) is 3. The predicted molar refractivity (Wildman–Crippen MR) is 137 cm³/mol. The maximum absolute atomic E-state index is 12.9. The average Bonchev–Trinajstić information content (AvgIpc) is 3.15. The number of anilines is 1. The molecule has 1 saturated heterocycles. The van der Waals surface area contributed by atoms with Crippen LogP contribution in [0.2, 0.25) is 0 Å². The molecular weight excluding hydrogens is 440 g/mol. The third kappa shape index (κ3) is 5.80. The van der Waals surface area contributed by atoms with Gasteiger partial charge in [-0.3, -0.25) is 9.69 Å². The maximum Gasteiger partial charge on any atom is 0.266 e. The fraction of sp³-hybridized carbons (Fsp3) is 0.286. The van der Waals surface area contributed by atoms with Crippen molar-refractivity contribution < 1.29 is 14.3 Å². The quantitative estimate of drug-likeness (QED) is 0.407. The lowest BCUT2D eigenvalue weighted by Crippen LogP contribution is -2.35. The van der Waals surface area contributed by atoms with Gasteiger partial charge in [-0.2, -0.15) is 5.26 Å². The third-order valence-electron chi connectivity index (χ3n) is 6.16. The van der Waals surface area contributed by atoms with Crippen molar-refractivity contribution >= 4 is 17.7 Å². The number of nitriles is 1. The van der Waals surface area contributed by atoms with E-state index in [1.807, 2.05) is 68.4 Å². The molecule has 7 nitrogen and oxygen atoms in total. The normalized spacial score (nSPS) is 14.4. The van der Waals surface area contributed by atoms with Gasteiger partial charge in [0.05, 0.1) is 20.3 Å². The topological polar surface area (TPSA) is 79.5 Å². The van der Waals surface area contributed by atoms with E-state index in [0.717, 1.165) is 66.8 Å². The van der Waals surface area contributed by atoms with Gasteiger partial charge in [0, 0.05) is 42.4 Å². The van der Waals surface area contributed by atoms with Gasteiger partial charge in [0.25, 0.3) is 5.91 Å². The lowest BCUT2D eigenvalue weighted by atomic mass is 10.1. The molecule has 1 fully saturated rings. The highest BCUT2D eigenvalue weighted by atomic mass is 16.5. The van der Waals surface area contributed by atoms with Gasteiger partial charge in [0.15, 0.2) is 0 Å². The fourth-order valence-electron chi connectivity index (χ4n) is 4.33. The zero-order valence-corrected chi connectivity index (χ0v) is 20.4. The number of hydrogen-bond acceptors (Lipinski definition) is 5. The van der Waals surface area contributed by atoms with Gasteiger partial charge in [-0.1, -0.05) is 12.1 Å². The van der Waals surface area contributed by atoms with Crippen LogP contribution in [0.1, 0.15) is 22.5 Å². The SMILES string of the molecule is COc1ccc(-n2c(C)cc(/C=C(/C#N)C(=O)Nc3cccc(CN4CCOCC4)c3)c2C)cc1. The molecule has 0 unspecified atom stereocenters. The summed E-state index contributed by atoms with van der Waals surface area (Å²) in [5, 5.41) is 12.6. The number of rotatable bonds is 7. The Bertz CT molecular complexity index is 1260. The number of hydrogen-bond donors (Lipinski definition) is 1. The summed E-state index contributed by atoms with van der Waals surface area (Å²) in [5.41, 5.74) is 5.60. The zero-order valence-electron chi connectivity index (χ0n) is 20.4. The Morgan fingerprint density at radius 2 is 1.89 bits per heavy atom. The number of carbonyl (C=O) groups excluding carboxylic acids is 1. The van der Waals surface area contributed by atoms with Crippen molar-refractivity contribution in [3.63, 3.8) is 0 Å². The number of carbonyl (C=O) groups is 1. The van der Waals surface area contributed by atoms with Crippen molar-refractivity contribution in [2.45, 2.75) is 20.4 Å². The second kappa shape index (κ2) is 11.0. The van der Waals surface area contributed by atoms with Gasteiger partial charge in [-0.25, -0.2) is 0 Å². The van der Waals surface area contributed by atoms with Gasteiger partial charge in [0.1, 0.15) is 17.4 Å². The molecule has 180 valence electrons. The molecule has 1 amide bonds. The standard InChI is InChI=1S/C28H30N4O3/c1-20-15-23(21(2)32(20)26-7-9-27(34-3)10-8-26)17-24(18-29)28(33)30-25-6-4-5-22(16-25)19-31-11-13-35-14-12-31/h4-10,15-17H,11-14,19H2,1-3H3,(H,30,33)/b24-17-. The Balaban J connectivity index is 1.51. The van der Waals surface area contributed by atoms with E-state index in [1.165, 1.54) is 0 Å². The molecule has 0 atom stereocenters. The van der Waals surface area contributed by atoms with Crippen LogP contribution in [-0.4, -0.2) is 48.8 Å². The highest BCUT2D eigenvalue weighted by Gasteiger charge is 2.15. The summed E-state index contributed by atoms with van der Waals surface area (Å²) in [5.74, 6) is 0.360. The van der Waals surface area contributed by atoms with E-state index in [-0.39, 0.29) is 5.57 Å². The highest BCUT2D eigenvalue weighted by Crippen LogP contribution is 2.25. The Kier molecular flexibility index (Phi) is 7.66. The molecule has 7 heteroatoms. The van der Waals surface area contributed by atoms with Gasteiger partial charge in [-0.05, 0) is 73.5 Å². The molecule has 1 N–H and O–H groups in total. The largest absolute Gasteiger partial charge is 0.497 e. The number of aryl methyl sites for hydroxylation is 1. The van der Waals surface area contributed by atoms with Gasteiger partial charge in [-0.15, -0.1) is 0 Å². The van der Waals surface area contributed by atoms with E-state index in [1.54, 1.807) is 13.2 Å². The lowest BCUT2D eigenvalue weighted by molar-refractivity contribution is -0.112. The average molecular weight is 471 g/mol. The van der Waals surface area contributed by atoms with Crippen molar-refractivity contribution in [1.82, 2.24) is 9.47 Å². The minimum Gasteiger partial charge on any atom is -0.497 e. The van der Waals surface area contributed by atoms with Crippen molar-refractivity contribution in [3.05, 3.63) is 82.7 Å².